The fraction of sp³-hybridized carbons (Fsp3) is 0.364. The van der Waals surface area contributed by atoms with E-state index in [1.165, 1.54) is 4.68 Å². The quantitative estimate of drug-likeness (QED) is 0.580. The number of nitrogens with zero attached hydrogens (tertiary/aromatic N) is 7. The smallest absolute Gasteiger partial charge is 0.257 e. The molecule has 0 saturated carbocycles. The van der Waals surface area contributed by atoms with E-state index in [0.717, 1.165) is 0 Å². The summed E-state index contributed by atoms with van der Waals surface area (Å²) in [7, 11) is 1.81. The Balaban J connectivity index is 2.38. The van der Waals surface area contributed by atoms with Crippen molar-refractivity contribution in [2.75, 3.05) is 17.4 Å². The summed E-state index contributed by atoms with van der Waals surface area (Å²) in [6.07, 6.45) is 3.71. The van der Waals surface area contributed by atoms with Crippen LogP contribution in [0.4, 0.5) is 11.9 Å². The Kier molecular flexibility index (Phi) is 4.07. The molecule has 2 aromatic heterocycles. The SMILES string of the molecule is CC(CC#N)N(C)c1nc(NN)nc(-n2cccn2)n1. The standard InChI is InChI=1S/C11H15N9/c1-8(4-5-12)19(2)10-15-9(18-13)16-11(17-10)20-7-3-6-14-20/h3,6-8H,4,13H2,1-2H3,(H,15,16,17,18). The summed E-state index contributed by atoms with van der Waals surface area (Å²) in [5.74, 6) is 6.37. The lowest BCUT2D eigenvalue weighted by molar-refractivity contribution is 0.674. The van der Waals surface area contributed by atoms with Crippen LogP contribution < -0.4 is 16.2 Å². The summed E-state index contributed by atoms with van der Waals surface area (Å²) in [6.45, 7) is 1.91. The molecule has 1 unspecified atom stereocenters. The summed E-state index contributed by atoms with van der Waals surface area (Å²) in [5, 5.41) is 12.8. The summed E-state index contributed by atoms with van der Waals surface area (Å²) < 4.78 is 1.51. The third-order valence-corrected chi connectivity index (χ3v) is 2.81. The Morgan fingerprint density at radius 1 is 1.50 bits per heavy atom. The molecule has 9 heteroatoms. The highest BCUT2D eigenvalue weighted by Gasteiger charge is 2.16. The Labute approximate surface area is 116 Å². The van der Waals surface area contributed by atoms with Crippen molar-refractivity contribution in [3.8, 4) is 12.0 Å². The highest BCUT2D eigenvalue weighted by Crippen LogP contribution is 2.14. The first kappa shape index (κ1) is 13.7. The van der Waals surface area contributed by atoms with E-state index >= 15 is 0 Å². The van der Waals surface area contributed by atoms with Crippen LogP contribution >= 0.6 is 0 Å². The maximum Gasteiger partial charge on any atom is 0.257 e. The van der Waals surface area contributed by atoms with Gasteiger partial charge in [-0.3, -0.25) is 5.43 Å². The minimum absolute atomic E-state index is 0.0292. The zero-order chi connectivity index (χ0) is 14.5. The molecule has 2 rings (SSSR count). The van der Waals surface area contributed by atoms with Crippen molar-refractivity contribution in [3.05, 3.63) is 18.5 Å². The van der Waals surface area contributed by atoms with Gasteiger partial charge in [-0.05, 0) is 13.0 Å². The van der Waals surface area contributed by atoms with Crippen LogP contribution in [0.15, 0.2) is 18.5 Å². The average Bonchev–Trinajstić information content (AvgIpc) is 3.00. The predicted octanol–water partition coefficient (Wildman–Crippen LogP) is 0.0813. The molecule has 0 bridgehead atoms. The van der Waals surface area contributed by atoms with Gasteiger partial charge in [0.1, 0.15) is 0 Å². The monoisotopic (exact) mass is 273 g/mol. The third-order valence-electron chi connectivity index (χ3n) is 2.81. The van der Waals surface area contributed by atoms with E-state index in [4.69, 9.17) is 11.1 Å². The summed E-state index contributed by atoms with van der Waals surface area (Å²) in [5.41, 5.74) is 2.40. The maximum atomic E-state index is 8.76. The molecule has 0 spiro atoms. The minimum Gasteiger partial charge on any atom is -0.340 e. The first-order chi connectivity index (χ1) is 9.65. The maximum absolute atomic E-state index is 8.76. The lowest BCUT2D eigenvalue weighted by Crippen LogP contribution is -2.31. The van der Waals surface area contributed by atoms with Gasteiger partial charge in [-0.25, -0.2) is 10.5 Å². The van der Waals surface area contributed by atoms with Gasteiger partial charge in [0.2, 0.25) is 11.9 Å². The molecule has 0 saturated heterocycles. The highest BCUT2D eigenvalue weighted by molar-refractivity contribution is 5.39. The van der Waals surface area contributed by atoms with Crippen molar-refractivity contribution >= 4 is 11.9 Å². The molecule has 3 N–H and O–H groups in total. The molecule has 0 amide bonds. The van der Waals surface area contributed by atoms with Crippen molar-refractivity contribution in [3.63, 3.8) is 0 Å². The minimum atomic E-state index is -0.0292. The van der Waals surface area contributed by atoms with Gasteiger partial charge in [0.25, 0.3) is 5.95 Å². The molecular weight excluding hydrogens is 258 g/mol. The normalized spacial score (nSPS) is 11.7. The van der Waals surface area contributed by atoms with Crippen molar-refractivity contribution < 1.29 is 0 Å². The second-order valence-corrected chi connectivity index (χ2v) is 4.18. The molecule has 9 nitrogen and oxygen atoms in total. The van der Waals surface area contributed by atoms with Crippen LogP contribution in [0.25, 0.3) is 5.95 Å². The molecule has 2 heterocycles. The lowest BCUT2D eigenvalue weighted by Gasteiger charge is -2.23. The molecule has 0 aromatic carbocycles. The van der Waals surface area contributed by atoms with Gasteiger partial charge < -0.3 is 4.90 Å². The second-order valence-electron chi connectivity index (χ2n) is 4.18. The van der Waals surface area contributed by atoms with E-state index in [9.17, 15) is 0 Å². The van der Waals surface area contributed by atoms with Gasteiger partial charge in [-0.15, -0.1) is 0 Å². The zero-order valence-corrected chi connectivity index (χ0v) is 11.2. The van der Waals surface area contributed by atoms with E-state index in [0.29, 0.717) is 18.3 Å². The van der Waals surface area contributed by atoms with Crippen molar-refractivity contribution in [1.29, 1.82) is 5.26 Å². The van der Waals surface area contributed by atoms with Gasteiger partial charge in [-0.2, -0.15) is 25.3 Å². The number of hydrogen-bond donors (Lipinski definition) is 2. The van der Waals surface area contributed by atoms with Crippen LogP contribution in [0.1, 0.15) is 13.3 Å². The number of anilines is 2. The first-order valence-electron chi connectivity index (χ1n) is 5.98. The van der Waals surface area contributed by atoms with E-state index in [2.05, 4.69) is 31.5 Å². The number of nitrogens with two attached hydrogens (primary N) is 1. The Morgan fingerprint density at radius 3 is 2.90 bits per heavy atom. The molecule has 0 aliphatic heterocycles. The molecule has 0 aliphatic rings. The molecule has 104 valence electrons. The average molecular weight is 273 g/mol. The number of nitrogens with one attached hydrogen (secondary N) is 1. The van der Waals surface area contributed by atoms with E-state index < -0.39 is 0 Å². The number of hydrazine groups is 1. The fourth-order valence-electron chi connectivity index (χ4n) is 1.53. The summed E-state index contributed by atoms with van der Waals surface area (Å²) >= 11 is 0. The first-order valence-corrected chi connectivity index (χ1v) is 5.98. The Bertz CT molecular complexity index is 601. The van der Waals surface area contributed by atoms with Crippen LogP contribution in [0.2, 0.25) is 0 Å². The second kappa shape index (κ2) is 5.94. The van der Waals surface area contributed by atoms with Crippen LogP contribution in [0.5, 0.6) is 0 Å². The molecular formula is C11H15N9. The van der Waals surface area contributed by atoms with Crippen LogP contribution in [0, 0.1) is 11.3 Å². The number of hydrogen-bond acceptors (Lipinski definition) is 8. The van der Waals surface area contributed by atoms with E-state index in [1.54, 1.807) is 23.4 Å². The highest BCUT2D eigenvalue weighted by atomic mass is 15.4. The van der Waals surface area contributed by atoms with Crippen molar-refractivity contribution in [2.45, 2.75) is 19.4 Å². The van der Waals surface area contributed by atoms with Gasteiger partial charge >= 0.3 is 0 Å². The van der Waals surface area contributed by atoms with Crippen LogP contribution in [-0.2, 0) is 0 Å². The van der Waals surface area contributed by atoms with Crippen LogP contribution in [0.3, 0.4) is 0 Å². The van der Waals surface area contributed by atoms with Gasteiger partial charge in [0, 0.05) is 25.5 Å². The Morgan fingerprint density at radius 2 is 2.30 bits per heavy atom. The number of rotatable bonds is 5. The van der Waals surface area contributed by atoms with Gasteiger partial charge in [0.05, 0.1) is 12.5 Å². The fourth-order valence-corrected chi connectivity index (χ4v) is 1.53. The zero-order valence-electron chi connectivity index (χ0n) is 11.2. The van der Waals surface area contributed by atoms with Crippen LogP contribution in [-0.4, -0.2) is 37.8 Å². The summed E-state index contributed by atoms with van der Waals surface area (Å²) in [4.78, 5) is 14.4. The third kappa shape index (κ3) is 2.81. The van der Waals surface area contributed by atoms with Gasteiger partial charge in [0.15, 0.2) is 0 Å². The largest absolute Gasteiger partial charge is 0.340 e. The molecule has 0 fully saturated rings. The number of nitrogen functional groups attached to an aromatic ring is 1. The molecule has 2 aromatic rings. The molecule has 0 radical (unpaired) electrons. The lowest BCUT2D eigenvalue weighted by atomic mass is 10.2. The van der Waals surface area contributed by atoms with Crippen molar-refractivity contribution in [2.24, 2.45) is 5.84 Å². The molecule has 1 atom stereocenters. The van der Waals surface area contributed by atoms with Gasteiger partial charge in [-0.1, -0.05) is 0 Å². The summed E-state index contributed by atoms with van der Waals surface area (Å²) in [6, 6.07) is 3.85. The van der Waals surface area contributed by atoms with Crippen molar-refractivity contribution in [1.82, 2.24) is 24.7 Å². The predicted molar refractivity (Wildman–Crippen MR) is 72.9 cm³/mol. The topological polar surface area (TPSA) is 122 Å². The Hall–Kier alpha value is -2.73. The molecule has 0 aliphatic carbocycles. The number of aromatic nitrogens is 5. The molecule has 20 heavy (non-hydrogen) atoms. The number of nitriles is 1. The van der Waals surface area contributed by atoms with E-state index in [1.807, 2.05) is 14.0 Å². The van der Waals surface area contributed by atoms with E-state index in [-0.39, 0.29) is 12.0 Å².